The van der Waals surface area contributed by atoms with E-state index in [0.29, 0.717) is 23.2 Å². The summed E-state index contributed by atoms with van der Waals surface area (Å²) in [5, 5.41) is 12.9. The van der Waals surface area contributed by atoms with Crippen LogP contribution in [0.4, 0.5) is 0 Å². The first-order valence-electron chi connectivity index (χ1n) is 7.19. The lowest BCUT2D eigenvalue weighted by atomic mass is 10.1. The fraction of sp³-hybridized carbons (Fsp3) is 0.353. The van der Waals surface area contributed by atoms with Crippen molar-refractivity contribution in [2.45, 2.75) is 32.4 Å². The molecule has 0 aliphatic carbocycles. The fourth-order valence-electron chi connectivity index (χ4n) is 2.47. The van der Waals surface area contributed by atoms with Crippen molar-refractivity contribution in [1.29, 1.82) is 5.26 Å². The van der Waals surface area contributed by atoms with Gasteiger partial charge in [0.15, 0.2) is 0 Å². The van der Waals surface area contributed by atoms with Crippen LogP contribution in [0.1, 0.15) is 42.5 Å². The van der Waals surface area contributed by atoms with E-state index < -0.39 is 0 Å². The summed E-state index contributed by atoms with van der Waals surface area (Å²) in [4.78, 5) is 0. The fourth-order valence-corrected chi connectivity index (χ4v) is 2.71. The Balaban J connectivity index is 2.14. The lowest BCUT2D eigenvalue weighted by Gasteiger charge is -2.13. The Labute approximate surface area is 131 Å². The van der Waals surface area contributed by atoms with E-state index in [0.717, 1.165) is 18.4 Å². The number of rotatable bonds is 6. The summed E-state index contributed by atoms with van der Waals surface area (Å²) in [5.74, 6) is 0. The zero-order valence-electron chi connectivity index (χ0n) is 12.4. The quantitative estimate of drug-likeness (QED) is 0.872. The number of nitrogens with one attached hydrogen (secondary N) is 1. The smallest absolute Gasteiger partial charge is 0.0992 e. The maximum absolute atomic E-state index is 8.86. The predicted octanol–water partition coefficient (Wildman–Crippen LogP) is 4.12. The first kappa shape index (κ1) is 15.6. The molecule has 1 heterocycles. The Bertz CT molecular complexity index is 640. The van der Waals surface area contributed by atoms with E-state index in [1.165, 1.54) is 5.56 Å². The van der Waals surface area contributed by atoms with Gasteiger partial charge in [-0.2, -0.15) is 5.26 Å². The molecule has 0 saturated heterocycles. The summed E-state index contributed by atoms with van der Waals surface area (Å²) in [5.41, 5.74) is 2.91. The van der Waals surface area contributed by atoms with E-state index in [9.17, 15) is 0 Å². The highest BCUT2D eigenvalue weighted by atomic mass is 35.5. The molecule has 2 rings (SSSR count). The highest BCUT2D eigenvalue weighted by Crippen LogP contribution is 2.22. The van der Waals surface area contributed by atoms with Gasteiger partial charge in [-0.05, 0) is 42.8 Å². The standard InChI is InChI=1S/C17H20ClN3/c1-3-4-17(20-2)15-7-8-21(12-15)11-14-6-5-13(10-19)9-16(14)18/h5-9,12,17,20H,3-4,11H2,1-2H3. The van der Waals surface area contributed by atoms with E-state index in [-0.39, 0.29) is 0 Å². The van der Waals surface area contributed by atoms with E-state index in [2.05, 4.69) is 41.3 Å². The Morgan fingerprint density at radius 2 is 2.19 bits per heavy atom. The Morgan fingerprint density at radius 3 is 2.81 bits per heavy atom. The minimum absolute atomic E-state index is 0.396. The van der Waals surface area contributed by atoms with E-state index in [1.807, 2.05) is 13.1 Å². The average Bonchev–Trinajstić information content (AvgIpc) is 2.95. The molecule has 1 N–H and O–H groups in total. The highest BCUT2D eigenvalue weighted by molar-refractivity contribution is 6.31. The third-order valence-electron chi connectivity index (χ3n) is 3.64. The lowest BCUT2D eigenvalue weighted by Crippen LogP contribution is -2.15. The molecule has 3 nitrogen and oxygen atoms in total. The van der Waals surface area contributed by atoms with Crippen molar-refractivity contribution in [3.63, 3.8) is 0 Å². The van der Waals surface area contributed by atoms with Crippen LogP contribution >= 0.6 is 11.6 Å². The monoisotopic (exact) mass is 301 g/mol. The molecular formula is C17H20ClN3. The SMILES string of the molecule is CCCC(NC)c1ccn(Cc2ccc(C#N)cc2Cl)c1. The van der Waals surface area contributed by atoms with E-state index in [1.54, 1.807) is 12.1 Å². The number of halogens is 1. The Kier molecular flexibility index (Phi) is 5.44. The molecule has 21 heavy (non-hydrogen) atoms. The van der Waals surface area contributed by atoms with Crippen molar-refractivity contribution in [2.75, 3.05) is 7.05 Å². The largest absolute Gasteiger partial charge is 0.350 e. The van der Waals surface area contributed by atoms with Gasteiger partial charge in [-0.15, -0.1) is 0 Å². The molecular weight excluding hydrogens is 282 g/mol. The first-order chi connectivity index (χ1) is 10.2. The van der Waals surface area contributed by atoms with Crippen LogP contribution in [0.15, 0.2) is 36.7 Å². The normalized spacial score (nSPS) is 12.1. The molecule has 0 bridgehead atoms. The van der Waals surface area contributed by atoms with Crippen molar-refractivity contribution in [3.05, 3.63) is 58.4 Å². The maximum Gasteiger partial charge on any atom is 0.0992 e. The Morgan fingerprint density at radius 1 is 1.38 bits per heavy atom. The van der Waals surface area contributed by atoms with Crippen molar-refractivity contribution in [1.82, 2.24) is 9.88 Å². The van der Waals surface area contributed by atoms with Crippen LogP contribution in [0.2, 0.25) is 5.02 Å². The number of benzene rings is 1. The summed E-state index contributed by atoms with van der Waals surface area (Å²) in [6, 6.07) is 10.1. The maximum atomic E-state index is 8.86. The number of aromatic nitrogens is 1. The molecule has 1 aromatic heterocycles. The number of nitriles is 1. The number of hydrogen-bond donors (Lipinski definition) is 1. The van der Waals surface area contributed by atoms with Gasteiger partial charge in [-0.3, -0.25) is 0 Å². The third kappa shape index (κ3) is 3.87. The summed E-state index contributed by atoms with van der Waals surface area (Å²) >= 11 is 6.23. The van der Waals surface area contributed by atoms with Gasteiger partial charge in [-0.1, -0.05) is 31.0 Å². The predicted molar refractivity (Wildman–Crippen MR) is 86.4 cm³/mol. The van der Waals surface area contributed by atoms with Crippen molar-refractivity contribution < 1.29 is 0 Å². The van der Waals surface area contributed by atoms with E-state index >= 15 is 0 Å². The molecule has 1 atom stereocenters. The van der Waals surface area contributed by atoms with Gasteiger partial charge in [0, 0.05) is 30.0 Å². The van der Waals surface area contributed by atoms with Crippen LogP contribution in [-0.2, 0) is 6.54 Å². The molecule has 0 amide bonds. The van der Waals surface area contributed by atoms with Crippen LogP contribution in [0, 0.1) is 11.3 Å². The summed E-state index contributed by atoms with van der Waals surface area (Å²) < 4.78 is 2.13. The number of nitrogens with zero attached hydrogens (tertiary/aromatic N) is 2. The zero-order valence-corrected chi connectivity index (χ0v) is 13.2. The number of hydrogen-bond acceptors (Lipinski definition) is 2. The van der Waals surface area contributed by atoms with Gasteiger partial charge in [-0.25, -0.2) is 0 Å². The second kappa shape index (κ2) is 7.31. The topological polar surface area (TPSA) is 40.8 Å². The minimum Gasteiger partial charge on any atom is -0.350 e. The van der Waals surface area contributed by atoms with Crippen LogP contribution in [0.25, 0.3) is 0 Å². The van der Waals surface area contributed by atoms with Gasteiger partial charge in [0.25, 0.3) is 0 Å². The summed E-state index contributed by atoms with van der Waals surface area (Å²) in [6.45, 7) is 2.91. The van der Waals surface area contributed by atoms with Crippen LogP contribution in [0.5, 0.6) is 0 Å². The molecule has 1 unspecified atom stereocenters. The molecule has 1 aromatic carbocycles. The summed E-state index contributed by atoms with van der Waals surface area (Å²) in [6.07, 6.45) is 6.51. The minimum atomic E-state index is 0.396. The molecule has 0 spiro atoms. The third-order valence-corrected chi connectivity index (χ3v) is 3.99. The Hall–Kier alpha value is -1.76. The average molecular weight is 302 g/mol. The van der Waals surface area contributed by atoms with Crippen LogP contribution < -0.4 is 5.32 Å². The van der Waals surface area contributed by atoms with Crippen molar-refractivity contribution in [3.8, 4) is 6.07 Å². The molecule has 0 aliphatic heterocycles. The van der Waals surface area contributed by atoms with Gasteiger partial charge < -0.3 is 9.88 Å². The molecule has 4 heteroatoms. The van der Waals surface area contributed by atoms with Crippen LogP contribution in [-0.4, -0.2) is 11.6 Å². The van der Waals surface area contributed by atoms with Gasteiger partial charge in [0.05, 0.1) is 11.6 Å². The molecule has 110 valence electrons. The zero-order chi connectivity index (χ0) is 15.2. The van der Waals surface area contributed by atoms with E-state index in [4.69, 9.17) is 16.9 Å². The molecule has 2 aromatic rings. The van der Waals surface area contributed by atoms with Gasteiger partial charge in [0.1, 0.15) is 0 Å². The second-order valence-electron chi connectivity index (χ2n) is 5.17. The molecule has 0 radical (unpaired) electrons. The lowest BCUT2D eigenvalue weighted by molar-refractivity contribution is 0.540. The van der Waals surface area contributed by atoms with Crippen molar-refractivity contribution in [2.24, 2.45) is 0 Å². The van der Waals surface area contributed by atoms with Crippen molar-refractivity contribution >= 4 is 11.6 Å². The molecule has 0 aliphatic rings. The van der Waals surface area contributed by atoms with Crippen LogP contribution in [0.3, 0.4) is 0 Å². The first-order valence-corrected chi connectivity index (χ1v) is 7.57. The second-order valence-corrected chi connectivity index (χ2v) is 5.57. The molecule has 0 fully saturated rings. The van der Waals surface area contributed by atoms with Gasteiger partial charge >= 0.3 is 0 Å². The summed E-state index contributed by atoms with van der Waals surface area (Å²) in [7, 11) is 2.00. The molecule has 0 saturated carbocycles. The highest BCUT2D eigenvalue weighted by Gasteiger charge is 2.10. The van der Waals surface area contributed by atoms with Gasteiger partial charge in [0.2, 0.25) is 0 Å².